The lowest BCUT2D eigenvalue weighted by Crippen LogP contribution is -2.31. The van der Waals surface area contributed by atoms with Crippen molar-refractivity contribution in [3.05, 3.63) is 29.8 Å². The Kier molecular flexibility index (Phi) is 6.45. The van der Waals surface area contributed by atoms with Crippen molar-refractivity contribution in [1.82, 2.24) is 4.72 Å². The molecule has 1 amide bonds. The van der Waals surface area contributed by atoms with E-state index in [0.717, 1.165) is 0 Å². The molecule has 0 aromatic heterocycles. The van der Waals surface area contributed by atoms with Crippen LogP contribution in [0.25, 0.3) is 0 Å². The molecule has 1 aliphatic heterocycles. The van der Waals surface area contributed by atoms with E-state index in [2.05, 4.69) is 8.91 Å². The Morgan fingerprint density at radius 2 is 1.96 bits per heavy atom. The van der Waals surface area contributed by atoms with Crippen molar-refractivity contribution < 1.29 is 22.1 Å². The zero-order valence-corrected chi connectivity index (χ0v) is 16.5. The van der Waals surface area contributed by atoms with E-state index in [0.29, 0.717) is 17.8 Å². The van der Waals surface area contributed by atoms with Crippen LogP contribution in [0, 0.1) is 0 Å². The van der Waals surface area contributed by atoms with Crippen LogP contribution in [0.5, 0.6) is 0 Å². The molecule has 0 spiro atoms. The first-order valence-corrected chi connectivity index (χ1v) is 9.82. The molecule has 7 nitrogen and oxygen atoms in total. The minimum atomic E-state index is -4.09. The zero-order valence-electron chi connectivity index (χ0n) is 13.4. The fourth-order valence-corrected chi connectivity index (χ4v) is 3.55. The molecule has 1 aromatic carbocycles. The standard InChI is InChI=1S/C14H17Cl3N2O5S/c1-9-7-19(13(20)24-9)12-5-3-11(4-6-12)10(2)18-25(21,22)23-8-14(15,16)17/h3-6,9-10,18H,7-8H2,1-2H3. The molecule has 1 aliphatic rings. The molecular formula is C14H17Cl3N2O5S. The van der Waals surface area contributed by atoms with Gasteiger partial charge in [0.25, 0.3) is 0 Å². The fourth-order valence-electron chi connectivity index (χ4n) is 2.22. The number of hydrogen-bond donors (Lipinski definition) is 1. The largest absolute Gasteiger partial charge is 0.444 e. The molecule has 2 rings (SSSR count). The predicted molar refractivity (Wildman–Crippen MR) is 96.4 cm³/mol. The van der Waals surface area contributed by atoms with Gasteiger partial charge in [-0.25, -0.2) is 4.79 Å². The maximum atomic E-state index is 11.8. The maximum absolute atomic E-state index is 11.8. The van der Waals surface area contributed by atoms with Gasteiger partial charge in [-0.15, -0.1) is 0 Å². The van der Waals surface area contributed by atoms with E-state index in [4.69, 9.17) is 39.5 Å². The highest BCUT2D eigenvalue weighted by Gasteiger charge is 2.29. The van der Waals surface area contributed by atoms with Crippen molar-refractivity contribution in [2.24, 2.45) is 0 Å². The molecule has 2 unspecified atom stereocenters. The molecule has 0 radical (unpaired) electrons. The Bertz CT molecular complexity index is 721. The summed E-state index contributed by atoms with van der Waals surface area (Å²) in [4.78, 5) is 13.2. The Morgan fingerprint density at radius 1 is 1.36 bits per heavy atom. The Balaban J connectivity index is 2.00. The molecular weight excluding hydrogens is 415 g/mol. The number of alkyl halides is 3. The average molecular weight is 432 g/mol. The summed E-state index contributed by atoms with van der Waals surface area (Å²) in [5, 5.41) is 0. The summed E-state index contributed by atoms with van der Waals surface area (Å²) in [6.07, 6.45) is -0.581. The number of benzene rings is 1. The topological polar surface area (TPSA) is 84.9 Å². The molecule has 1 heterocycles. The van der Waals surface area contributed by atoms with Gasteiger partial charge < -0.3 is 4.74 Å². The normalized spacial score (nSPS) is 19.8. The van der Waals surface area contributed by atoms with Crippen LogP contribution in [0.15, 0.2) is 24.3 Å². The Morgan fingerprint density at radius 3 is 2.44 bits per heavy atom. The van der Waals surface area contributed by atoms with Crippen LogP contribution < -0.4 is 9.62 Å². The first-order valence-electron chi connectivity index (χ1n) is 7.28. The van der Waals surface area contributed by atoms with Crippen molar-refractivity contribution in [2.75, 3.05) is 18.1 Å². The van der Waals surface area contributed by atoms with Gasteiger partial charge in [0.2, 0.25) is 3.79 Å². The first-order chi connectivity index (χ1) is 11.5. The van der Waals surface area contributed by atoms with Crippen LogP contribution in [0.2, 0.25) is 0 Å². The molecule has 140 valence electrons. The SMILES string of the molecule is CC1CN(c2ccc(C(C)NS(=O)(=O)OCC(Cl)(Cl)Cl)cc2)C(=O)O1. The van der Waals surface area contributed by atoms with Crippen LogP contribution in [0.1, 0.15) is 25.5 Å². The van der Waals surface area contributed by atoms with E-state index in [1.165, 1.54) is 4.90 Å². The highest BCUT2D eigenvalue weighted by molar-refractivity contribution is 7.84. The molecule has 0 bridgehead atoms. The van der Waals surface area contributed by atoms with Gasteiger partial charge in [-0.05, 0) is 31.5 Å². The van der Waals surface area contributed by atoms with Crippen molar-refractivity contribution in [3.8, 4) is 0 Å². The van der Waals surface area contributed by atoms with Crippen LogP contribution in [-0.4, -0.2) is 37.6 Å². The molecule has 1 fully saturated rings. The number of cyclic esters (lactones) is 1. The summed E-state index contributed by atoms with van der Waals surface area (Å²) in [6.45, 7) is 3.30. The maximum Gasteiger partial charge on any atom is 0.414 e. The van der Waals surface area contributed by atoms with Gasteiger partial charge in [-0.3, -0.25) is 9.08 Å². The lowest BCUT2D eigenvalue weighted by atomic mass is 10.1. The lowest BCUT2D eigenvalue weighted by Gasteiger charge is -2.18. The van der Waals surface area contributed by atoms with Gasteiger partial charge in [0.1, 0.15) is 12.7 Å². The summed E-state index contributed by atoms with van der Waals surface area (Å²) < 4.78 is 33.8. The van der Waals surface area contributed by atoms with Crippen molar-refractivity contribution in [2.45, 2.75) is 29.8 Å². The number of amides is 1. The van der Waals surface area contributed by atoms with Crippen LogP contribution >= 0.6 is 34.8 Å². The van der Waals surface area contributed by atoms with Gasteiger partial charge in [-0.2, -0.15) is 13.1 Å². The summed E-state index contributed by atoms with van der Waals surface area (Å²) in [5.41, 5.74) is 1.34. The molecule has 1 saturated heterocycles. The quantitative estimate of drug-likeness (QED) is 0.698. The molecule has 25 heavy (non-hydrogen) atoms. The smallest absolute Gasteiger partial charge is 0.414 e. The van der Waals surface area contributed by atoms with Gasteiger partial charge in [0.05, 0.1) is 6.54 Å². The summed E-state index contributed by atoms with van der Waals surface area (Å²) in [5.74, 6) is 0. The third kappa shape index (κ3) is 6.16. The number of halogens is 3. The number of nitrogens with zero attached hydrogens (tertiary/aromatic N) is 1. The Labute approximate surface area is 161 Å². The molecule has 11 heteroatoms. The van der Waals surface area contributed by atoms with Crippen LogP contribution in [0.4, 0.5) is 10.5 Å². The van der Waals surface area contributed by atoms with Crippen molar-refractivity contribution in [1.29, 1.82) is 0 Å². The monoisotopic (exact) mass is 430 g/mol. The highest BCUT2D eigenvalue weighted by atomic mass is 35.6. The van der Waals surface area contributed by atoms with E-state index >= 15 is 0 Å². The third-order valence-electron chi connectivity index (χ3n) is 3.37. The molecule has 2 atom stereocenters. The van der Waals surface area contributed by atoms with Crippen molar-refractivity contribution in [3.63, 3.8) is 0 Å². The van der Waals surface area contributed by atoms with Gasteiger partial charge in [0.15, 0.2) is 0 Å². The van der Waals surface area contributed by atoms with E-state index in [1.54, 1.807) is 38.1 Å². The summed E-state index contributed by atoms with van der Waals surface area (Å²) in [7, 11) is -4.09. The number of ether oxygens (including phenoxy) is 1. The molecule has 1 N–H and O–H groups in total. The lowest BCUT2D eigenvalue weighted by molar-refractivity contribution is 0.150. The van der Waals surface area contributed by atoms with Gasteiger partial charge >= 0.3 is 16.4 Å². The van der Waals surface area contributed by atoms with Gasteiger partial charge in [0, 0.05) is 11.7 Å². The molecule has 0 saturated carbocycles. The molecule has 0 aliphatic carbocycles. The second kappa shape index (κ2) is 7.85. The second-order valence-electron chi connectivity index (χ2n) is 5.57. The third-order valence-corrected chi connectivity index (χ3v) is 4.76. The summed E-state index contributed by atoms with van der Waals surface area (Å²) in [6, 6.07) is 6.24. The van der Waals surface area contributed by atoms with Gasteiger partial charge in [-0.1, -0.05) is 46.9 Å². The van der Waals surface area contributed by atoms with E-state index in [-0.39, 0.29) is 6.10 Å². The first kappa shape index (κ1) is 20.5. The number of nitrogens with one attached hydrogen (secondary N) is 1. The highest BCUT2D eigenvalue weighted by Crippen LogP contribution is 2.27. The van der Waals surface area contributed by atoms with E-state index < -0.39 is 32.8 Å². The van der Waals surface area contributed by atoms with Crippen LogP contribution in [0.3, 0.4) is 0 Å². The summed E-state index contributed by atoms with van der Waals surface area (Å²) >= 11 is 16.4. The van der Waals surface area contributed by atoms with Crippen LogP contribution in [-0.2, 0) is 19.2 Å². The number of anilines is 1. The number of rotatable bonds is 6. The van der Waals surface area contributed by atoms with Crippen molar-refractivity contribution >= 4 is 56.9 Å². The minimum Gasteiger partial charge on any atom is -0.444 e. The Hall–Kier alpha value is -0.770. The number of hydrogen-bond acceptors (Lipinski definition) is 5. The second-order valence-corrected chi connectivity index (χ2v) is 9.46. The zero-order chi connectivity index (χ0) is 18.8. The number of carbonyl (C=O) groups excluding carboxylic acids is 1. The van der Waals surface area contributed by atoms with E-state index in [1.807, 2.05) is 0 Å². The predicted octanol–water partition coefficient (Wildman–Crippen LogP) is 3.31. The van der Waals surface area contributed by atoms with E-state index in [9.17, 15) is 13.2 Å². The molecule has 1 aromatic rings. The fraction of sp³-hybridized carbons (Fsp3) is 0.500. The average Bonchev–Trinajstić information content (AvgIpc) is 2.83. The minimum absolute atomic E-state index is 0.173. The number of carbonyl (C=O) groups is 1.